The first-order valence-corrected chi connectivity index (χ1v) is 14.5. The summed E-state index contributed by atoms with van der Waals surface area (Å²) in [5.74, 6) is 0. The van der Waals surface area contributed by atoms with E-state index in [-0.39, 0.29) is 0 Å². The van der Waals surface area contributed by atoms with Crippen LogP contribution in [0.25, 0.3) is 0 Å². The molecule has 0 aliphatic heterocycles. The topological polar surface area (TPSA) is 43.4 Å². The first-order valence-electron chi connectivity index (χ1n) is 8.99. The van der Waals surface area contributed by atoms with Crippen molar-refractivity contribution in [2.45, 2.75) is 27.9 Å². The number of alkyl halides is 3. The molecule has 0 radical (unpaired) electrons. The van der Waals surface area contributed by atoms with Crippen molar-refractivity contribution in [1.82, 2.24) is 0 Å². The number of hydrogen-bond acceptors (Lipinski definition) is 6. The standard InChI is InChI=1S/C21H15F3O3S5/c22-21(23,24)32(25,26)27-31(16-8-3-1-4-9-16,17-10-5-2-6-11-17)20-14-13-19(30-20)29-18-12-7-15-28-18/h1-15H. The Morgan fingerprint density at radius 2 is 1.34 bits per heavy atom. The van der Waals surface area contributed by atoms with Crippen molar-refractivity contribution in [1.29, 1.82) is 0 Å². The van der Waals surface area contributed by atoms with Gasteiger partial charge in [-0.15, -0.1) is 22.7 Å². The number of rotatable bonds is 7. The maximum atomic E-state index is 13.5. The van der Waals surface area contributed by atoms with E-state index < -0.39 is 25.9 Å². The summed E-state index contributed by atoms with van der Waals surface area (Å²) < 4.78 is 72.5. The van der Waals surface area contributed by atoms with Gasteiger partial charge in [0.15, 0.2) is 0 Å². The lowest BCUT2D eigenvalue weighted by molar-refractivity contribution is -0.0496. The second-order valence-corrected chi connectivity index (χ2v) is 14.6. The van der Waals surface area contributed by atoms with Gasteiger partial charge in [0.05, 0.1) is 12.6 Å². The molecule has 0 N–H and O–H groups in total. The Morgan fingerprint density at radius 3 is 1.84 bits per heavy atom. The molecule has 4 rings (SSSR count). The van der Waals surface area contributed by atoms with Crippen LogP contribution in [0.3, 0.4) is 0 Å². The van der Waals surface area contributed by atoms with Crippen LogP contribution in [-0.4, -0.2) is 13.9 Å². The van der Waals surface area contributed by atoms with E-state index in [4.69, 9.17) is 3.63 Å². The minimum Gasteiger partial charge on any atom is -0.199 e. The summed E-state index contributed by atoms with van der Waals surface area (Å²) in [6.07, 6.45) is 0. The highest BCUT2D eigenvalue weighted by atomic mass is 32.3. The van der Waals surface area contributed by atoms with E-state index in [0.717, 1.165) is 8.42 Å². The van der Waals surface area contributed by atoms with Crippen LogP contribution in [-0.2, 0) is 13.7 Å². The summed E-state index contributed by atoms with van der Waals surface area (Å²) in [5.41, 5.74) is -5.55. The Balaban J connectivity index is 1.94. The molecule has 2 aromatic carbocycles. The molecule has 0 saturated heterocycles. The molecule has 2 heterocycles. The highest BCUT2D eigenvalue weighted by Gasteiger charge is 2.52. The van der Waals surface area contributed by atoms with Crippen LogP contribution in [0.1, 0.15) is 0 Å². The summed E-state index contributed by atoms with van der Waals surface area (Å²) in [6, 6.07) is 23.7. The zero-order chi connectivity index (χ0) is 22.8. The molecule has 0 aliphatic rings. The number of hydrogen-bond donors (Lipinski definition) is 0. The molecule has 0 saturated carbocycles. The van der Waals surface area contributed by atoms with Gasteiger partial charge in [0.25, 0.3) is 0 Å². The van der Waals surface area contributed by atoms with Gasteiger partial charge in [-0.3, -0.25) is 0 Å². The SMILES string of the molecule is O=S(=O)(OS(c1ccccc1)(c1ccccc1)c1ccc(Sc2cccs2)s1)C(F)(F)F. The summed E-state index contributed by atoms with van der Waals surface area (Å²) in [5, 5.41) is 1.93. The highest BCUT2D eigenvalue weighted by Crippen LogP contribution is 2.72. The molecule has 0 amide bonds. The van der Waals surface area contributed by atoms with Crippen molar-refractivity contribution in [3.05, 3.63) is 90.3 Å². The lowest BCUT2D eigenvalue weighted by Crippen LogP contribution is -2.27. The second kappa shape index (κ2) is 9.24. The van der Waals surface area contributed by atoms with Gasteiger partial charge in [-0.05, 0) is 58.2 Å². The molecule has 32 heavy (non-hydrogen) atoms. The Hall–Kier alpha value is -1.76. The quantitative estimate of drug-likeness (QED) is 0.226. The molecule has 0 aliphatic carbocycles. The smallest absolute Gasteiger partial charge is 0.199 e. The molecule has 0 spiro atoms. The fraction of sp³-hybridized carbons (Fsp3) is 0.0476. The predicted molar refractivity (Wildman–Crippen MR) is 124 cm³/mol. The molecule has 0 fully saturated rings. The molecule has 0 atom stereocenters. The van der Waals surface area contributed by atoms with E-state index in [2.05, 4.69) is 0 Å². The van der Waals surface area contributed by atoms with Crippen LogP contribution in [0, 0.1) is 0 Å². The first kappa shape index (κ1) is 23.4. The molecule has 3 nitrogen and oxygen atoms in total. The summed E-state index contributed by atoms with van der Waals surface area (Å²) >= 11 is 4.24. The summed E-state index contributed by atoms with van der Waals surface area (Å²) in [4.78, 5) is 0.710. The van der Waals surface area contributed by atoms with Crippen LogP contribution >= 0.6 is 44.7 Å². The fourth-order valence-electron chi connectivity index (χ4n) is 2.81. The molecule has 168 valence electrons. The van der Waals surface area contributed by atoms with Gasteiger partial charge in [-0.1, -0.05) is 54.2 Å². The van der Waals surface area contributed by atoms with E-state index >= 15 is 0 Å². The first-order chi connectivity index (χ1) is 15.2. The fourth-order valence-corrected chi connectivity index (χ4v) is 11.8. The van der Waals surface area contributed by atoms with E-state index in [1.807, 2.05) is 17.5 Å². The third-order valence-electron chi connectivity index (χ3n) is 4.16. The Labute approximate surface area is 197 Å². The maximum absolute atomic E-state index is 13.5. The van der Waals surface area contributed by atoms with Gasteiger partial charge in [0.2, 0.25) is 0 Å². The number of thiophene rings is 2. The number of benzene rings is 2. The maximum Gasteiger partial charge on any atom is 0.524 e. The van der Waals surface area contributed by atoms with Crippen LogP contribution in [0.2, 0.25) is 0 Å². The van der Waals surface area contributed by atoms with Crippen molar-refractivity contribution in [2.24, 2.45) is 0 Å². The Bertz CT molecular complexity index is 1230. The minimum absolute atomic E-state index is 0.355. The van der Waals surface area contributed by atoms with Gasteiger partial charge in [-0.2, -0.15) is 25.2 Å². The van der Waals surface area contributed by atoms with Crippen LogP contribution in [0.4, 0.5) is 13.2 Å². The number of halogens is 3. The highest BCUT2D eigenvalue weighted by molar-refractivity contribution is 8.34. The molecular formula is C21H15F3O3S5. The van der Waals surface area contributed by atoms with Crippen molar-refractivity contribution in [2.75, 3.05) is 0 Å². The largest absolute Gasteiger partial charge is 0.524 e. The molecule has 4 aromatic rings. The molecular weight excluding hydrogens is 518 g/mol. The van der Waals surface area contributed by atoms with E-state index in [9.17, 15) is 21.6 Å². The van der Waals surface area contributed by atoms with Crippen LogP contribution in [0.15, 0.2) is 113 Å². The zero-order valence-electron chi connectivity index (χ0n) is 16.1. The van der Waals surface area contributed by atoms with E-state index in [0.29, 0.717) is 14.0 Å². The average Bonchev–Trinajstić information content (AvgIpc) is 3.45. The van der Waals surface area contributed by atoms with Crippen LogP contribution in [0.5, 0.6) is 0 Å². The third kappa shape index (κ3) is 4.63. The van der Waals surface area contributed by atoms with Crippen LogP contribution < -0.4 is 0 Å². The van der Waals surface area contributed by atoms with Crippen molar-refractivity contribution < 1.29 is 25.2 Å². The van der Waals surface area contributed by atoms with E-state index in [1.54, 1.807) is 84.1 Å². The van der Waals surface area contributed by atoms with E-state index in [1.165, 1.54) is 23.1 Å². The average molecular weight is 533 g/mol. The lowest BCUT2D eigenvalue weighted by Gasteiger charge is -2.38. The van der Waals surface area contributed by atoms with Gasteiger partial charge in [0.1, 0.15) is 0 Å². The van der Waals surface area contributed by atoms with Gasteiger partial charge in [0, 0.05) is 9.79 Å². The minimum atomic E-state index is -5.90. The van der Waals surface area contributed by atoms with Gasteiger partial charge in [-0.25, -0.2) is 0 Å². The molecule has 0 unspecified atom stereocenters. The second-order valence-electron chi connectivity index (χ2n) is 6.26. The monoisotopic (exact) mass is 532 g/mol. The Morgan fingerprint density at radius 1 is 0.750 bits per heavy atom. The summed E-state index contributed by atoms with van der Waals surface area (Å²) in [6.45, 7) is 0. The van der Waals surface area contributed by atoms with Crippen molar-refractivity contribution >= 4 is 54.9 Å². The van der Waals surface area contributed by atoms with Gasteiger partial charge >= 0.3 is 15.6 Å². The summed E-state index contributed by atoms with van der Waals surface area (Å²) in [7, 11) is -9.13. The molecule has 0 bridgehead atoms. The van der Waals surface area contributed by atoms with Crippen molar-refractivity contribution in [3.63, 3.8) is 0 Å². The third-order valence-corrected chi connectivity index (χ3v) is 12.8. The van der Waals surface area contributed by atoms with Gasteiger partial charge < -0.3 is 0 Å². The normalized spacial score (nSPS) is 13.2. The zero-order valence-corrected chi connectivity index (χ0v) is 20.1. The molecule has 2 aromatic heterocycles. The molecule has 11 heteroatoms. The predicted octanol–water partition coefficient (Wildman–Crippen LogP) is 8.02. The Kier molecular flexibility index (Phi) is 6.76. The van der Waals surface area contributed by atoms with Crippen molar-refractivity contribution in [3.8, 4) is 0 Å². The lowest BCUT2D eigenvalue weighted by atomic mass is 10.4.